The van der Waals surface area contributed by atoms with E-state index >= 15 is 0 Å². The number of fused-ring (bicyclic) bond motifs is 1. The molecule has 0 radical (unpaired) electrons. The van der Waals surface area contributed by atoms with Gasteiger partial charge in [0, 0.05) is 11.9 Å². The first kappa shape index (κ1) is 14.1. The highest BCUT2D eigenvalue weighted by Gasteiger charge is 2.11. The fraction of sp³-hybridized carbons (Fsp3) is 0.188. The van der Waals surface area contributed by atoms with Crippen molar-refractivity contribution >= 4 is 17.2 Å². The molecule has 0 saturated heterocycles. The second-order valence-corrected chi connectivity index (χ2v) is 5.02. The molecule has 0 aliphatic rings. The van der Waals surface area contributed by atoms with Gasteiger partial charge in [-0.15, -0.1) is 5.10 Å². The lowest BCUT2D eigenvalue weighted by molar-refractivity contribution is -0.118. The molecule has 1 amide bonds. The van der Waals surface area contributed by atoms with E-state index in [1.54, 1.807) is 10.6 Å². The summed E-state index contributed by atoms with van der Waals surface area (Å²) in [6.45, 7) is 3.79. The number of pyridine rings is 1. The predicted octanol–water partition coefficient (Wildman–Crippen LogP) is 2.36. The van der Waals surface area contributed by atoms with E-state index in [1.165, 1.54) is 0 Å². The molecular weight excluding hydrogens is 280 g/mol. The highest BCUT2D eigenvalue weighted by atomic mass is 16.5. The van der Waals surface area contributed by atoms with Gasteiger partial charge in [0.2, 0.25) is 0 Å². The lowest BCUT2D eigenvalue weighted by Gasteiger charge is -2.11. The van der Waals surface area contributed by atoms with Crippen LogP contribution in [0.15, 0.2) is 42.6 Å². The summed E-state index contributed by atoms with van der Waals surface area (Å²) in [6, 6.07) is 11.7. The molecule has 0 unspecified atom stereocenters. The smallest absolute Gasteiger partial charge is 0.322 e. The van der Waals surface area contributed by atoms with Crippen LogP contribution in [0.25, 0.3) is 5.65 Å². The molecule has 2 heterocycles. The molecule has 2 aromatic heterocycles. The number of nitrogens with one attached hydrogen (secondary N) is 1. The Bertz CT molecular complexity index is 806. The van der Waals surface area contributed by atoms with Crippen LogP contribution in [-0.2, 0) is 4.79 Å². The fourth-order valence-electron chi connectivity index (χ4n) is 2.24. The van der Waals surface area contributed by atoms with Gasteiger partial charge in [-0.2, -0.15) is 0 Å². The van der Waals surface area contributed by atoms with Crippen LogP contribution in [0.3, 0.4) is 0 Å². The van der Waals surface area contributed by atoms with Crippen LogP contribution in [0, 0.1) is 13.8 Å². The van der Waals surface area contributed by atoms with Crippen molar-refractivity contribution in [3.05, 3.63) is 53.7 Å². The van der Waals surface area contributed by atoms with E-state index in [0.29, 0.717) is 11.7 Å². The Morgan fingerprint density at radius 2 is 1.91 bits per heavy atom. The van der Waals surface area contributed by atoms with Crippen LogP contribution in [0.5, 0.6) is 6.01 Å². The van der Waals surface area contributed by atoms with Crippen molar-refractivity contribution in [3.8, 4) is 6.01 Å². The molecule has 3 rings (SSSR count). The van der Waals surface area contributed by atoms with Gasteiger partial charge >= 0.3 is 6.01 Å². The number of anilines is 1. The number of carbonyl (C=O) groups is 1. The zero-order valence-corrected chi connectivity index (χ0v) is 12.4. The third-order valence-corrected chi connectivity index (χ3v) is 3.36. The number of amides is 1. The molecule has 0 atom stereocenters. The summed E-state index contributed by atoms with van der Waals surface area (Å²) in [5.41, 5.74) is 3.53. The van der Waals surface area contributed by atoms with Gasteiger partial charge in [-0.25, -0.2) is 0 Å². The van der Waals surface area contributed by atoms with Gasteiger partial charge in [-0.05, 0) is 37.1 Å². The Balaban J connectivity index is 1.68. The third kappa shape index (κ3) is 2.76. The topological polar surface area (TPSA) is 68.5 Å². The summed E-state index contributed by atoms with van der Waals surface area (Å²) in [4.78, 5) is 12.1. The number of para-hydroxylation sites is 1. The summed E-state index contributed by atoms with van der Waals surface area (Å²) in [6.07, 6.45) is 1.79. The van der Waals surface area contributed by atoms with Crippen molar-refractivity contribution in [2.75, 3.05) is 11.9 Å². The van der Waals surface area contributed by atoms with Crippen LogP contribution in [0.1, 0.15) is 11.1 Å². The van der Waals surface area contributed by atoms with Gasteiger partial charge in [0.15, 0.2) is 12.3 Å². The van der Waals surface area contributed by atoms with E-state index in [4.69, 9.17) is 4.74 Å². The van der Waals surface area contributed by atoms with Crippen molar-refractivity contribution in [1.82, 2.24) is 14.6 Å². The van der Waals surface area contributed by atoms with Crippen LogP contribution in [0.4, 0.5) is 5.69 Å². The van der Waals surface area contributed by atoms with Crippen LogP contribution in [-0.4, -0.2) is 27.1 Å². The SMILES string of the molecule is Cc1cccc(C)c1NC(=O)COc1nnc2ccccn12. The molecule has 0 aliphatic carbocycles. The van der Waals surface area contributed by atoms with Gasteiger partial charge in [0.05, 0.1) is 0 Å². The van der Waals surface area contributed by atoms with Crippen molar-refractivity contribution in [2.45, 2.75) is 13.8 Å². The maximum absolute atomic E-state index is 12.1. The summed E-state index contributed by atoms with van der Waals surface area (Å²) in [7, 11) is 0. The second-order valence-electron chi connectivity index (χ2n) is 5.02. The first-order chi connectivity index (χ1) is 10.6. The maximum atomic E-state index is 12.1. The summed E-state index contributed by atoms with van der Waals surface area (Å²) < 4.78 is 7.14. The van der Waals surface area contributed by atoms with E-state index in [0.717, 1.165) is 16.8 Å². The minimum absolute atomic E-state index is 0.122. The lowest BCUT2D eigenvalue weighted by Crippen LogP contribution is -2.21. The molecule has 3 aromatic rings. The summed E-state index contributed by atoms with van der Waals surface area (Å²) in [5.74, 6) is -0.231. The molecule has 112 valence electrons. The number of hydrogen-bond donors (Lipinski definition) is 1. The van der Waals surface area contributed by atoms with Gasteiger partial charge in [0.1, 0.15) is 0 Å². The maximum Gasteiger partial charge on any atom is 0.322 e. The van der Waals surface area contributed by atoms with Crippen LogP contribution in [0.2, 0.25) is 0 Å². The summed E-state index contributed by atoms with van der Waals surface area (Å²) in [5, 5.41) is 10.8. The number of rotatable bonds is 4. The normalized spacial score (nSPS) is 10.6. The van der Waals surface area contributed by atoms with E-state index in [-0.39, 0.29) is 12.5 Å². The molecule has 22 heavy (non-hydrogen) atoms. The molecule has 1 aromatic carbocycles. The molecule has 0 saturated carbocycles. The number of hydrogen-bond acceptors (Lipinski definition) is 4. The van der Waals surface area contributed by atoms with Gasteiger partial charge in [-0.3, -0.25) is 9.20 Å². The molecule has 0 fully saturated rings. The lowest BCUT2D eigenvalue weighted by atomic mass is 10.1. The number of ether oxygens (including phenoxy) is 1. The highest BCUT2D eigenvalue weighted by Crippen LogP contribution is 2.19. The van der Waals surface area contributed by atoms with E-state index < -0.39 is 0 Å². The quantitative estimate of drug-likeness (QED) is 0.802. The summed E-state index contributed by atoms with van der Waals surface area (Å²) >= 11 is 0. The Hall–Kier alpha value is -2.89. The van der Waals surface area contributed by atoms with Gasteiger partial charge in [-0.1, -0.05) is 29.4 Å². The standard InChI is InChI=1S/C16H16N4O2/c1-11-6-5-7-12(2)15(11)17-14(21)10-22-16-19-18-13-8-3-4-9-20(13)16/h3-9H,10H2,1-2H3,(H,17,21). The Morgan fingerprint density at radius 1 is 1.14 bits per heavy atom. The number of carbonyl (C=O) groups excluding carboxylic acids is 1. The molecule has 6 heteroatoms. The second kappa shape index (κ2) is 5.85. The largest absolute Gasteiger partial charge is 0.453 e. The van der Waals surface area contributed by atoms with E-state index in [2.05, 4.69) is 15.5 Å². The predicted molar refractivity (Wildman–Crippen MR) is 83.0 cm³/mol. The van der Waals surface area contributed by atoms with E-state index in [9.17, 15) is 4.79 Å². The molecule has 0 spiro atoms. The molecular formula is C16H16N4O2. The molecule has 0 aliphatic heterocycles. The van der Waals surface area contributed by atoms with Crippen LogP contribution >= 0.6 is 0 Å². The Kier molecular flexibility index (Phi) is 3.74. The molecule has 6 nitrogen and oxygen atoms in total. The average molecular weight is 296 g/mol. The number of nitrogens with zero attached hydrogens (tertiary/aromatic N) is 3. The van der Waals surface area contributed by atoms with Crippen LogP contribution < -0.4 is 10.1 Å². The van der Waals surface area contributed by atoms with Crippen molar-refractivity contribution in [3.63, 3.8) is 0 Å². The number of aromatic nitrogens is 3. The minimum Gasteiger partial charge on any atom is -0.453 e. The van der Waals surface area contributed by atoms with Crippen molar-refractivity contribution in [2.24, 2.45) is 0 Å². The first-order valence-electron chi connectivity index (χ1n) is 6.94. The Labute approximate surface area is 127 Å². The monoisotopic (exact) mass is 296 g/mol. The molecule has 0 bridgehead atoms. The zero-order valence-electron chi connectivity index (χ0n) is 12.4. The fourth-order valence-corrected chi connectivity index (χ4v) is 2.24. The van der Waals surface area contributed by atoms with Crippen molar-refractivity contribution in [1.29, 1.82) is 0 Å². The Morgan fingerprint density at radius 3 is 2.68 bits per heavy atom. The number of aryl methyl sites for hydroxylation is 2. The minimum atomic E-state index is -0.231. The third-order valence-electron chi connectivity index (χ3n) is 3.36. The zero-order chi connectivity index (χ0) is 15.5. The van der Waals surface area contributed by atoms with Gasteiger partial charge in [0.25, 0.3) is 5.91 Å². The van der Waals surface area contributed by atoms with Crippen molar-refractivity contribution < 1.29 is 9.53 Å². The first-order valence-corrected chi connectivity index (χ1v) is 6.94. The van der Waals surface area contributed by atoms with E-state index in [1.807, 2.05) is 50.2 Å². The highest BCUT2D eigenvalue weighted by molar-refractivity contribution is 5.93. The average Bonchev–Trinajstić information content (AvgIpc) is 2.92. The number of benzene rings is 1. The molecule has 1 N–H and O–H groups in total. The van der Waals surface area contributed by atoms with Gasteiger partial charge < -0.3 is 10.1 Å².